The van der Waals surface area contributed by atoms with Crippen molar-refractivity contribution in [1.29, 1.82) is 0 Å². The SMILES string of the molecule is O=C(COc1ccccc1)N1CCCCC1CCN1CCCCC1. The van der Waals surface area contributed by atoms with Crippen LogP contribution in [0.15, 0.2) is 30.3 Å². The second-order valence-electron chi connectivity index (χ2n) is 7.03. The van der Waals surface area contributed by atoms with Gasteiger partial charge in [-0.3, -0.25) is 4.79 Å². The van der Waals surface area contributed by atoms with Crippen molar-refractivity contribution in [3.63, 3.8) is 0 Å². The number of nitrogens with zero attached hydrogens (tertiary/aromatic N) is 2. The second-order valence-corrected chi connectivity index (χ2v) is 7.03. The Morgan fingerprint density at radius 1 is 1.00 bits per heavy atom. The van der Waals surface area contributed by atoms with E-state index in [0.717, 1.165) is 38.1 Å². The fraction of sp³-hybridized carbons (Fsp3) is 0.650. The van der Waals surface area contributed by atoms with Crippen LogP contribution < -0.4 is 4.74 Å². The number of piperidine rings is 2. The summed E-state index contributed by atoms with van der Waals surface area (Å²) in [4.78, 5) is 17.3. The molecule has 2 fully saturated rings. The number of carbonyl (C=O) groups is 1. The van der Waals surface area contributed by atoms with Crippen molar-refractivity contribution in [3.8, 4) is 5.75 Å². The summed E-state index contributed by atoms with van der Waals surface area (Å²) in [5.41, 5.74) is 0. The van der Waals surface area contributed by atoms with Crippen LogP contribution in [-0.4, -0.2) is 54.5 Å². The maximum absolute atomic E-state index is 12.6. The van der Waals surface area contributed by atoms with Gasteiger partial charge in [-0.1, -0.05) is 24.6 Å². The van der Waals surface area contributed by atoms with Crippen LogP contribution in [0.2, 0.25) is 0 Å². The number of benzene rings is 1. The number of hydrogen-bond donors (Lipinski definition) is 0. The van der Waals surface area contributed by atoms with Crippen molar-refractivity contribution in [2.24, 2.45) is 0 Å². The highest BCUT2D eigenvalue weighted by molar-refractivity contribution is 5.78. The van der Waals surface area contributed by atoms with Gasteiger partial charge in [0.15, 0.2) is 6.61 Å². The molecular weight excluding hydrogens is 300 g/mol. The van der Waals surface area contributed by atoms with Crippen LogP contribution in [0.25, 0.3) is 0 Å². The zero-order valence-electron chi connectivity index (χ0n) is 14.7. The summed E-state index contributed by atoms with van der Waals surface area (Å²) >= 11 is 0. The molecule has 3 rings (SSSR count). The van der Waals surface area contributed by atoms with Gasteiger partial charge in [-0.05, 0) is 63.7 Å². The molecule has 0 N–H and O–H groups in total. The molecule has 1 aromatic carbocycles. The number of rotatable bonds is 6. The van der Waals surface area contributed by atoms with Gasteiger partial charge in [0, 0.05) is 19.1 Å². The second kappa shape index (κ2) is 9.07. The minimum atomic E-state index is 0.141. The quantitative estimate of drug-likeness (QED) is 0.802. The third-order valence-corrected chi connectivity index (χ3v) is 5.28. The first-order valence-corrected chi connectivity index (χ1v) is 9.52. The Morgan fingerprint density at radius 2 is 1.75 bits per heavy atom. The highest BCUT2D eigenvalue weighted by atomic mass is 16.5. The highest BCUT2D eigenvalue weighted by Gasteiger charge is 2.27. The Bertz CT molecular complexity index is 500. The summed E-state index contributed by atoms with van der Waals surface area (Å²) in [5, 5.41) is 0. The molecular formula is C20H30N2O2. The maximum Gasteiger partial charge on any atom is 0.260 e. The Labute approximate surface area is 145 Å². The number of amides is 1. The van der Waals surface area contributed by atoms with Gasteiger partial charge in [0.2, 0.25) is 0 Å². The van der Waals surface area contributed by atoms with Gasteiger partial charge < -0.3 is 14.5 Å². The number of para-hydroxylation sites is 1. The lowest BCUT2D eigenvalue weighted by Crippen LogP contribution is -2.47. The van der Waals surface area contributed by atoms with Crippen molar-refractivity contribution < 1.29 is 9.53 Å². The molecule has 0 aliphatic carbocycles. The maximum atomic E-state index is 12.6. The minimum absolute atomic E-state index is 0.141. The molecule has 24 heavy (non-hydrogen) atoms. The minimum Gasteiger partial charge on any atom is -0.484 e. The van der Waals surface area contributed by atoms with Gasteiger partial charge in [0.05, 0.1) is 0 Å². The number of ether oxygens (including phenoxy) is 1. The van der Waals surface area contributed by atoms with Crippen LogP contribution in [0.3, 0.4) is 0 Å². The van der Waals surface area contributed by atoms with E-state index in [1.165, 1.54) is 38.8 Å². The lowest BCUT2D eigenvalue weighted by atomic mass is 9.98. The monoisotopic (exact) mass is 330 g/mol. The van der Waals surface area contributed by atoms with E-state index in [9.17, 15) is 4.79 Å². The van der Waals surface area contributed by atoms with Crippen LogP contribution in [0.5, 0.6) is 5.75 Å². The van der Waals surface area contributed by atoms with E-state index in [2.05, 4.69) is 9.80 Å². The summed E-state index contributed by atoms with van der Waals surface area (Å²) in [6.45, 7) is 4.65. The molecule has 0 radical (unpaired) electrons. The van der Waals surface area contributed by atoms with Crippen LogP contribution >= 0.6 is 0 Å². The fourth-order valence-electron chi connectivity index (χ4n) is 3.89. The van der Waals surface area contributed by atoms with Crippen molar-refractivity contribution >= 4 is 5.91 Å². The molecule has 0 saturated carbocycles. The number of carbonyl (C=O) groups excluding carboxylic acids is 1. The van der Waals surface area contributed by atoms with Gasteiger partial charge in [0.1, 0.15) is 5.75 Å². The van der Waals surface area contributed by atoms with Crippen molar-refractivity contribution in [1.82, 2.24) is 9.80 Å². The standard InChI is InChI=1S/C20H30N2O2/c23-20(17-24-19-10-3-1-4-11-19)22-15-8-5-9-18(22)12-16-21-13-6-2-7-14-21/h1,3-4,10-11,18H,2,5-9,12-17H2. The lowest BCUT2D eigenvalue weighted by molar-refractivity contribution is -0.137. The molecule has 0 spiro atoms. The molecule has 2 saturated heterocycles. The summed E-state index contributed by atoms with van der Waals surface area (Å²) in [5.74, 6) is 0.912. The normalized spacial score (nSPS) is 22.3. The molecule has 2 aliphatic rings. The van der Waals surface area contributed by atoms with Gasteiger partial charge in [0.25, 0.3) is 5.91 Å². The van der Waals surface area contributed by atoms with E-state index in [-0.39, 0.29) is 12.5 Å². The van der Waals surface area contributed by atoms with E-state index in [1.807, 2.05) is 30.3 Å². The molecule has 132 valence electrons. The van der Waals surface area contributed by atoms with Crippen molar-refractivity contribution in [2.75, 3.05) is 32.8 Å². The Morgan fingerprint density at radius 3 is 2.54 bits per heavy atom. The Hall–Kier alpha value is -1.55. The highest BCUT2D eigenvalue weighted by Crippen LogP contribution is 2.21. The average Bonchev–Trinajstić information content (AvgIpc) is 2.66. The number of likely N-dealkylation sites (tertiary alicyclic amines) is 2. The molecule has 1 unspecified atom stereocenters. The van der Waals surface area contributed by atoms with Crippen LogP contribution in [0.1, 0.15) is 44.9 Å². The van der Waals surface area contributed by atoms with Gasteiger partial charge in [-0.15, -0.1) is 0 Å². The van der Waals surface area contributed by atoms with Crippen molar-refractivity contribution in [2.45, 2.75) is 51.0 Å². The molecule has 2 heterocycles. The van der Waals surface area contributed by atoms with E-state index >= 15 is 0 Å². The lowest BCUT2D eigenvalue weighted by Gasteiger charge is -2.37. The van der Waals surface area contributed by atoms with E-state index in [0.29, 0.717) is 6.04 Å². The first kappa shape index (κ1) is 17.3. The molecule has 2 aliphatic heterocycles. The summed E-state index contributed by atoms with van der Waals surface area (Å²) in [6.07, 6.45) is 8.66. The number of hydrogen-bond acceptors (Lipinski definition) is 3. The van der Waals surface area contributed by atoms with Gasteiger partial charge >= 0.3 is 0 Å². The zero-order chi connectivity index (χ0) is 16.6. The molecule has 0 aromatic heterocycles. The third-order valence-electron chi connectivity index (χ3n) is 5.28. The topological polar surface area (TPSA) is 32.8 Å². The first-order chi connectivity index (χ1) is 11.8. The van der Waals surface area contributed by atoms with Gasteiger partial charge in [-0.25, -0.2) is 0 Å². The molecule has 4 heteroatoms. The molecule has 1 amide bonds. The van der Waals surface area contributed by atoms with Crippen LogP contribution in [0, 0.1) is 0 Å². The van der Waals surface area contributed by atoms with E-state index < -0.39 is 0 Å². The molecule has 1 atom stereocenters. The van der Waals surface area contributed by atoms with Crippen molar-refractivity contribution in [3.05, 3.63) is 30.3 Å². The average molecular weight is 330 g/mol. The van der Waals surface area contributed by atoms with E-state index in [4.69, 9.17) is 4.74 Å². The predicted octanol–water partition coefficient (Wildman–Crippen LogP) is 3.32. The molecule has 1 aromatic rings. The molecule has 0 bridgehead atoms. The first-order valence-electron chi connectivity index (χ1n) is 9.52. The summed E-state index contributed by atoms with van der Waals surface area (Å²) in [6, 6.07) is 10.0. The smallest absolute Gasteiger partial charge is 0.260 e. The summed E-state index contributed by atoms with van der Waals surface area (Å²) in [7, 11) is 0. The van der Waals surface area contributed by atoms with Crippen LogP contribution in [0.4, 0.5) is 0 Å². The predicted molar refractivity (Wildman–Crippen MR) is 96.2 cm³/mol. The Balaban J connectivity index is 1.48. The van der Waals surface area contributed by atoms with Crippen LogP contribution in [-0.2, 0) is 4.79 Å². The van der Waals surface area contributed by atoms with E-state index in [1.54, 1.807) is 0 Å². The zero-order valence-corrected chi connectivity index (χ0v) is 14.7. The summed E-state index contributed by atoms with van der Waals surface area (Å²) < 4.78 is 5.66. The largest absolute Gasteiger partial charge is 0.484 e. The fourth-order valence-corrected chi connectivity index (χ4v) is 3.89. The van der Waals surface area contributed by atoms with Gasteiger partial charge in [-0.2, -0.15) is 0 Å². The third kappa shape index (κ3) is 4.97. The Kier molecular flexibility index (Phi) is 6.53. The molecule has 4 nitrogen and oxygen atoms in total.